The average Bonchev–Trinajstić information content (AvgIpc) is 3.04. The molecule has 0 spiro atoms. The molecular formula is C18H27F3N4O. The largest absolute Gasteiger partial charge is 0.401 e. The fraction of sp³-hybridized carbons (Fsp3) is 0.611. The number of hydrogen-bond donors (Lipinski definition) is 3. The van der Waals surface area contributed by atoms with Crippen LogP contribution in [0.1, 0.15) is 17.9 Å². The minimum Gasteiger partial charge on any atom is -0.396 e. The smallest absolute Gasteiger partial charge is 0.396 e. The predicted octanol–water partition coefficient (Wildman–Crippen LogP) is 1.81. The Kier molecular flexibility index (Phi) is 7.71. The standard InChI is InChI=1S/C18H27F3N4O/c1-22-17(24-10-16(12-26)15-5-3-2-4-6-15)23-9-14-7-8-25(11-14)13-18(19,20)21/h2-6,14,16,26H,7-13H2,1H3,(H2,22,23,24). The fourth-order valence-electron chi connectivity index (χ4n) is 3.17. The first-order valence-corrected chi connectivity index (χ1v) is 8.80. The Bertz CT molecular complexity index is 565. The van der Waals surface area contributed by atoms with Crippen LogP contribution in [0.3, 0.4) is 0 Å². The van der Waals surface area contributed by atoms with Crippen molar-refractivity contribution in [2.24, 2.45) is 10.9 Å². The van der Waals surface area contributed by atoms with Crippen LogP contribution in [0, 0.1) is 5.92 Å². The second-order valence-electron chi connectivity index (χ2n) is 6.63. The number of alkyl halides is 3. The zero-order valence-electron chi connectivity index (χ0n) is 15.0. The van der Waals surface area contributed by atoms with Gasteiger partial charge < -0.3 is 15.7 Å². The molecule has 26 heavy (non-hydrogen) atoms. The van der Waals surface area contributed by atoms with E-state index in [-0.39, 0.29) is 18.4 Å². The number of likely N-dealkylation sites (tertiary alicyclic amines) is 1. The average molecular weight is 372 g/mol. The molecule has 0 saturated carbocycles. The number of halogens is 3. The van der Waals surface area contributed by atoms with E-state index >= 15 is 0 Å². The highest BCUT2D eigenvalue weighted by Gasteiger charge is 2.34. The Morgan fingerprint density at radius 3 is 2.65 bits per heavy atom. The third-order valence-electron chi connectivity index (χ3n) is 4.56. The Morgan fingerprint density at radius 1 is 1.31 bits per heavy atom. The molecule has 1 fully saturated rings. The van der Waals surface area contributed by atoms with E-state index in [1.165, 1.54) is 4.90 Å². The molecule has 1 aliphatic rings. The number of aliphatic imine (C=N–C) groups is 1. The van der Waals surface area contributed by atoms with Gasteiger partial charge in [0.15, 0.2) is 5.96 Å². The Morgan fingerprint density at radius 2 is 2.04 bits per heavy atom. The molecule has 0 radical (unpaired) electrons. The third kappa shape index (κ3) is 6.84. The van der Waals surface area contributed by atoms with Gasteiger partial charge in [0.25, 0.3) is 0 Å². The quantitative estimate of drug-likeness (QED) is 0.505. The van der Waals surface area contributed by atoms with Crippen LogP contribution < -0.4 is 10.6 Å². The first-order valence-electron chi connectivity index (χ1n) is 8.80. The van der Waals surface area contributed by atoms with Gasteiger partial charge in [-0.05, 0) is 24.4 Å². The van der Waals surface area contributed by atoms with Gasteiger partial charge in [0.1, 0.15) is 0 Å². The second kappa shape index (κ2) is 9.78. The zero-order valence-corrected chi connectivity index (χ0v) is 15.0. The van der Waals surface area contributed by atoms with Crippen LogP contribution in [-0.2, 0) is 0 Å². The van der Waals surface area contributed by atoms with Gasteiger partial charge >= 0.3 is 6.18 Å². The van der Waals surface area contributed by atoms with Crippen LogP contribution in [0.25, 0.3) is 0 Å². The lowest BCUT2D eigenvalue weighted by Crippen LogP contribution is -2.42. The van der Waals surface area contributed by atoms with Crippen LogP contribution in [0.2, 0.25) is 0 Å². The second-order valence-corrected chi connectivity index (χ2v) is 6.63. The molecule has 1 aromatic rings. The number of rotatable bonds is 7. The van der Waals surface area contributed by atoms with Gasteiger partial charge in [-0.1, -0.05) is 30.3 Å². The summed E-state index contributed by atoms with van der Waals surface area (Å²) in [7, 11) is 1.65. The lowest BCUT2D eigenvalue weighted by Gasteiger charge is -2.20. The van der Waals surface area contributed by atoms with E-state index in [0.29, 0.717) is 32.1 Å². The molecule has 2 unspecified atom stereocenters. The molecule has 1 aromatic carbocycles. The van der Waals surface area contributed by atoms with Crippen LogP contribution in [0.5, 0.6) is 0 Å². The summed E-state index contributed by atoms with van der Waals surface area (Å²) in [6, 6.07) is 9.71. The lowest BCUT2D eigenvalue weighted by atomic mass is 10.0. The number of guanidine groups is 1. The topological polar surface area (TPSA) is 59.9 Å². The van der Waals surface area contributed by atoms with Gasteiger partial charge in [0.05, 0.1) is 13.2 Å². The minimum absolute atomic E-state index is 0.0169. The summed E-state index contributed by atoms with van der Waals surface area (Å²) in [5.41, 5.74) is 1.04. The van der Waals surface area contributed by atoms with E-state index in [4.69, 9.17) is 0 Å². The lowest BCUT2D eigenvalue weighted by molar-refractivity contribution is -0.143. The molecule has 0 aromatic heterocycles. The molecule has 0 aliphatic carbocycles. The van der Waals surface area contributed by atoms with E-state index < -0.39 is 12.7 Å². The predicted molar refractivity (Wildman–Crippen MR) is 96.2 cm³/mol. The summed E-state index contributed by atoms with van der Waals surface area (Å²) in [4.78, 5) is 5.59. The molecule has 8 heteroatoms. The molecule has 1 saturated heterocycles. The van der Waals surface area contributed by atoms with Crippen molar-refractivity contribution in [3.8, 4) is 0 Å². The van der Waals surface area contributed by atoms with Crippen molar-refractivity contribution in [2.75, 3.05) is 46.4 Å². The molecule has 3 N–H and O–H groups in total. The molecule has 0 bridgehead atoms. The van der Waals surface area contributed by atoms with Crippen molar-refractivity contribution in [2.45, 2.75) is 18.5 Å². The maximum atomic E-state index is 12.4. The van der Waals surface area contributed by atoms with Gasteiger partial charge in [-0.15, -0.1) is 0 Å². The minimum atomic E-state index is -4.14. The fourth-order valence-corrected chi connectivity index (χ4v) is 3.17. The van der Waals surface area contributed by atoms with E-state index in [9.17, 15) is 18.3 Å². The third-order valence-corrected chi connectivity index (χ3v) is 4.56. The van der Waals surface area contributed by atoms with Crippen LogP contribution >= 0.6 is 0 Å². The highest BCUT2D eigenvalue weighted by atomic mass is 19.4. The van der Waals surface area contributed by atoms with Gasteiger partial charge in [0, 0.05) is 32.6 Å². The number of aliphatic hydroxyl groups is 1. The van der Waals surface area contributed by atoms with Crippen molar-refractivity contribution >= 4 is 5.96 Å². The first kappa shape index (κ1) is 20.5. The summed E-state index contributed by atoms with van der Waals surface area (Å²) in [5, 5.41) is 15.9. The van der Waals surface area contributed by atoms with E-state index in [1.54, 1.807) is 7.05 Å². The Hall–Kier alpha value is -1.80. The van der Waals surface area contributed by atoms with E-state index in [0.717, 1.165) is 12.0 Å². The van der Waals surface area contributed by atoms with Crippen molar-refractivity contribution in [3.63, 3.8) is 0 Å². The molecule has 1 heterocycles. The number of aliphatic hydroxyl groups excluding tert-OH is 1. The normalized spacial score (nSPS) is 20.2. The molecule has 146 valence electrons. The summed E-state index contributed by atoms with van der Waals surface area (Å²) >= 11 is 0. The van der Waals surface area contributed by atoms with Gasteiger partial charge in [0.2, 0.25) is 0 Å². The highest BCUT2D eigenvalue weighted by molar-refractivity contribution is 5.79. The molecule has 0 amide bonds. The molecule has 2 atom stereocenters. The number of nitrogens with zero attached hydrogens (tertiary/aromatic N) is 2. The van der Waals surface area contributed by atoms with Gasteiger partial charge in [-0.3, -0.25) is 9.89 Å². The van der Waals surface area contributed by atoms with E-state index in [2.05, 4.69) is 15.6 Å². The van der Waals surface area contributed by atoms with Crippen molar-refractivity contribution in [1.29, 1.82) is 0 Å². The summed E-state index contributed by atoms with van der Waals surface area (Å²) in [5.74, 6) is 0.704. The van der Waals surface area contributed by atoms with Crippen LogP contribution in [-0.4, -0.2) is 68.5 Å². The maximum absolute atomic E-state index is 12.4. The van der Waals surface area contributed by atoms with Crippen molar-refractivity contribution in [1.82, 2.24) is 15.5 Å². The van der Waals surface area contributed by atoms with Crippen molar-refractivity contribution in [3.05, 3.63) is 35.9 Å². The van der Waals surface area contributed by atoms with Crippen molar-refractivity contribution < 1.29 is 18.3 Å². The summed E-state index contributed by atoms with van der Waals surface area (Å²) in [6.07, 6.45) is -3.40. The van der Waals surface area contributed by atoms with Gasteiger partial charge in [-0.2, -0.15) is 13.2 Å². The SMILES string of the molecule is CN=C(NCC1CCN(CC(F)(F)F)C1)NCC(CO)c1ccccc1. The van der Waals surface area contributed by atoms with Crippen LogP contribution in [0.15, 0.2) is 35.3 Å². The molecular weight excluding hydrogens is 345 g/mol. The Labute approximate surface area is 152 Å². The molecule has 2 rings (SSSR count). The summed E-state index contributed by atoms with van der Waals surface area (Å²) in [6.45, 7) is 1.17. The van der Waals surface area contributed by atoms with E-state index in [1.807, 2.05) is 30.3 Å². The Balaban J connectivity index is 1.74. The zero-order chi connectivity index (χ0) is 19.0. The number of nitrogens with one attached hydrogen (secondary N) is 2. The monoisotopic (exact) mass is 372 g/mol. The highest BCUT2D eigenvalue weighted by Crippen LogP contribution is 2.22. The summed E-state index contributed by atoms with van der Waals surface area (Å²) < 4.78 is 37.3. The first-order chi connectivity index (χ1) is 12.4. The molecule has 5 nitrogen and oxygen atoms in total. The number of benzene rings is 1. The number of hydrogen-bond acceptors (Lipinski definition) is 3. The van der Waals surface area contributed by atoms with Gasteiger partial charge in [-0.25, -0.2) is 0 Å². The molecule has 1 aliphatic heterocycles. The maximum Gasteiger partial charge on any atom is 0.401 e. The van der Waals surface area contributed by atoms with Crippen LogP contribution in [0.4, 0.5) is 13.2 Å².